The Morgan fingerprint density at radius 2 is 2.00 bits per heavy atom. The third kappa shape index (κ3) is 4.59. The molecule has 2 saturated heterocycles. The molecule has 2 aliphatic heterocycles. The number of rotatable bonds is 5. The van der Waals surface area contributed by atoms with Gasteiger partial charge in [0, 0.05) is 19.5 Å². The van der Waals surface area contributed by atoms with Gasteiger partial charge < -0.3 is 10.0 Å². The van der Waals surface area contributed by atoms with Crippen LogP contribution in [0.4, 0.5) is 4.39 Å². The molecule has 1 aromatic carbocycles. The van der Waals surface area contributed by atoms with Crippen molar-refractivity contribution >= 4 is 52.2 Å². The van der Waals surface area contributed by atoms with Crippen molar-refractivity contribution in [3.05, 3.63) is 40.6 Å². The van der Waals surface area contributed by atoms with Gasteiger partial charge in [-0.2, -0.15) is 0 Å². The third-order valence-corrected chi connectivity index (χ3v) is 6.08. The highest BCUT2D eigenvalue weighted by molar-refractivity contribution is 8.26. The molecule has 0 aliphatic carbocycles. The highest BCUT2D eigenvalue weighted by Crippen LogP contribution is 2.32. The fourth-order valence-electron chi connectivity index (χ4n) is 3.24. The van der Waals surface area contributed by atoms with E-state index in [2.05, 4.69) is 0 Å². The summed E-state index contributed by atoms with van der Waals surface area (Å²) in [6.45, 7) is 0.520. The predicted octanol–water partition coefficient (Wildman–Crippen LogP) is 2.88. The van der Waals surface area contributed by atoms with Crippen molar-refractivity contribution in [2.75, 3.05) is 13.1 Å². The number of hydrogen-bond acceptors (Lipinski definition) is 5. The second kappa shape index (κ2) is 8.83. The summed E-state index contributed by atoms with van der Waals surface area (Å²) in [5.74, 6) is -1.95. The molecule has 0 aromatic heterocycles. The van der Waals surface area contributed by atoms with Crippen LogP contribution in [0.15, 0.2) is 29.2 Å². The van der Waals surface area contributed by atoms with Crippen LogP contribution in [-0.2, 0) is 14.4 Å². The van der Waals surface area contributed by atoms with Crippen molar-refractivity contribution in [1.82, 2.24) is 9.80 Å². The van der Waals surface area contributed by atoms with E-state index in [9.17, 15) is 23.9 Å². The predicted molar refractivity (Wildman–Crippen MR) is 108 cm³/mol. The summed E-state index contributed by atoms with van der Waals surface area (Å²) in [5.41, 5.74) is 0.676. The van der Waals surface area contributed by atoms with Gasteiger partial charge >= 0.3 is 5.97 Å². The average Bonchev–Trinajstić information content (AvgIpc) is 2.94. The Balaban J connectivity index is 1.63. The normalized spacial score (nSPS) is 21.5. The third-order valence-electron chi connectivity index (χ3n) is 4.70. The molecule has 1 N–H and O–H groups in total. The van der Waals surface area contributed by atoms with Crippen LogP contribution in [0.3, 0.4) is 0 Å². The van der Waals surface area contributed by atoms with Crippen molar-refractivity contribution in [3.63, 3.8) is 0 Å². The summed E-state index contributed by atoms with van der Waals surface area (Å²) >= 11 is 6.38. The van der Waals surface area contributed by atoms with Gasteiger partial charge in [-0.3, -0.25) is 14.5 Å². The van der Waals surface area contributed by atoms with Crippen LogP contribution >= 0.6 is 24.0 Å². The number of carboxylic acid groups (broad SMARTS) is 1. The standard InChI is InChI=1S/C19H19FN2O4S2/c20-13-6-4-12(5-7-13)11-15-17(24)22(19(27)28-15)10-8-16(23)21-9-2-1-3-14(21)18(25)26/h4-7,11,14H,1-3,8-10H2,(H,25,26)/b15-11-/t14-/m1/s1. The van der Waals surface area contributed by atoms with E-state index in [4.69, 9.17) is 12.2 Å². The Morgan fingerprint density at radius 3 is 2.68 bits per heavy atom. The molecule has 0 saturated carbocycles. The lowest BCUT2D eigenvalue weighted by Gasteiger charge is -2.33. The Hall–Kier alpha value is -2.26. The van der Waals surface area contributed by atoms with Crippen LogP contribution in [-0.4, -0.2) is 56.1 Å². The molecule has 28 heavy (non-hydrogen) atoms. The number of aliphatic carboxylic acids is 1. The van der Waals surface area contributed by atoms with Crippen LogP contribution in [0.25, 0.3) is 6.08 Å². The molecule has 2 aliphatic rings. The lowest BCUT2D eigenvalue weighted by molar-refractivity contribution is -0.152. The lowest BCUT2D eigenvalue weighted by atomic mass is 10.0. The number of benzene rings is 1. The molecule has 0 radical (unpaired) electrons. The van der Waals surface area contributed by atoms with Crippen LogP contribution in [0.5, 0.6) is 0 Å². The number of carboxylic acids is 1. The molecule has 0 bridgehead atoms. The molecule has 3 rings (SSSR count). The largest absolute Gasteiger partial charge is 0.480 e. The smallest absolute Gasteiger partial charge is 0.326 e. The van der Waals surface area contributed by atoms with Crippen LogP contribution in [0, 0.1) is 5.82 Å². The molecule has 9 heteroatoms. The van der Waals surface area contributed by atoms with Gasteiger partial charge in [-0.25, -0.2) is 9.18 Å². The summed E-state index contributed by atoms with van der Waals surface area (Å²) in [5, 5.41) is 9.30. The molecular formula is C19H19FN2O4S2. The van der Waals surface area contributed by atoms with Crippen LogP contribution in [0.2, 0.25) is 0 Å². The molecule has 0 spiro atoms. The Labute approximate surface area is 171 Å². The van der Waals surface area contributed by atoms with Gasteiger partial charge in [0.25, 0.3) is 5.91 Å². The maximum atomic E-state index is 13.0. The number of piperidine rings is 1. The van der Waals surface area contributed by atoms with Gasteiger partial charge in [0.05, 0.1) is 4.91 Å². The van der Waals surface area contributed by atoms with Gasteiger partial charge in [-0.05, 0) is 43.0 Å². The summed E-state index contributed by atoms with van der Waals surface area (Å²) in [4.78, 5) is 39.6. The van der Waals surface area contributed by atoms with E-state index >= 15 is 0 Å². The quantitative estimate of drug-likeness (QED) is 0.581. The van der Waals surface area contributed by atoms with E-state index in [1.807, 2.05) is 0 Å². The van der Waals surface area contributed by atoms with Crippen LogP contribution < -0.4 is 0 Å². The number of amides is 2. The van der Waals surface area contributed by atoms with E-state index in [1.54, 1.807) is 18.2 Å². The number of hydrogen-bond donors (Lipinski definition) is 1. The summed E-state index contributed by atoms with van der Waals surface area (Å²) in [7, 11) is 0. The van der Waals surface area contributed by atoms with Crippen molar-refractivity contribution in [2.45, 2.75) is 31.7 Å². The topological polar surface area (TPSA) is 77.9 Å². The van der Waals surface area contributed by atoms with E-state index < -0.39 is 12.0 Å². The van der Waals surface area contributed by atoms with E-state index in [-0.39, 0.29) is 30.6 Å². The summed E-state index contributed by atoms with van der Waals surface area (Å²) < 4.78 is 13.4. The Morgan fingerprint density at radius 1 is 1.29 bits per heavy atom. The minimum Gasteiger partial charge on any atom is -0.480 e. The first-order valence-electron chi connectivity index (χ1n) is 8.90. The number of carbonyl (C=O) groups excluding carboxylic acids is 2. The molecule has 6 nitrogen and oxygen atoms in total. The number of carbonyl (C=O) groups is 3. The van der Waals surface area contributed by atoms with Gasteiger partial charge in [0.2, 0.25) is 5.91 Å². The summed E-state index contributed by atoms with van der Waals surface area (Å²) in [6, 6.07) is 4.94. The second-order valence-electron chi connectivity index (χ2n) is 6.57. The average molecular weight is 423 g/mol. The van der Waals surface area contributed by atoms with Gasteiger partial charge in [0.1, 0.15) is 16.2 Å². The molecule has 2 amide bonds. The molecule has 1 atom stereocenters. The lowest BCUT2D eigenvalue weighted by Crippen LogP contribution is -2.48. The number of nitrogens with zero attached hydrogens (tertiary/aromatic N) is 2. The zero-order valence-electron chi connectivity index (χ0n) is 15.0. The minimum absolute atomic E-state index is 0.0139. The highest BCUT2D eigenvalue weighted by Gasteiger charge is 2.35. The van der Waals surface area contributed by atoms with Gasteiger partial charge in [-0.15, -0.1) is 0 Å². The zero-order valence-corrected chi connectivity index (χ0v) is 16.6. The van der Waals surface area contributed by atoms with Crippen LogP contribution in [0.1, 0.15) is 31.2 Å². The molecule has 2 fully saturated rings. The number of likely N-dealkylation sites (tertiary alicyclic amines) is 1. The minimum atomic E-state index is -0.999. The maximum Gasteiger partial charge on any atom is 0.326 e. The van der Waals surface area contributed by atoms with E-state index in [1.165, 1.54) is 21.9 Å². The SMILES string of the molecule is O=C(O)[C@H]1CCCCN1C(=O)CCN1C(=O)/C(=C/c2ccc(F)cc2)SC1=S. The molecule has 0 unspecified atom stereocenters. The second-order valence-corrected chi connectivity index (χ2v) is 8.25. The number of thiocarbonyl (C=S) groups is 1. The number of halogens is 1. The molecule has 1 aromatic rings. The summed E-state index contributed by atoms with van der Waals surface area (Å²) in [6.07, 6.45) is 3.65. The highest BCUT2D eigenvalue weighted by atomic mass is 32.2. The molecule has 2 heterocycles. The fraction of sp³-hybridized carbons (Fsp3) is 0.368. The first kappa shape index (κ1) is 20.5. The van der Waals surface area contributed by atoms with Gasteiger partial charge in [-0.1, -0.05) is 36.1 Å². The van der Waals surface area contributed by atoms with Gasteiger partial charge in [0.15, 0.2) is 0 Å². The van der Waals surface area contributed by atoms with Crippen molar-refractivity contribution in [3.8, 4) is 0 Å². The Kier molecular flexibility index (Phi) is 6.46. The van der Waals surface area contributed by atoms with E-state index in [0.717, 1.165) is 24.6 Å². The maximum absolute atomic E-state index is 13.0. The molecular weight excluding hydrogens is 403 g/mol. The van der Waals surface area contributed by atoms with Crippen molar-refractivity contribution in [2.24, 2.45) is 0 Å². The zero-order chi connectivity index (χ0) is 20.3. The first-order valence-corrected chi connectivity index (χ1v) is 10.1. The van der Waals surface area contributed by atoms with Crippen molar-refractivity contribution < 1.29 is 23.9 Å². The molecule has 148 valence electrons. The number of thioether (sulfide) groups is 1. The van der Waals surface area contributed by atoms with E-state index in [0.29, 0.717) is 27.8 Å². The first-order chi connectivity index (χ1) is 13.4. The monoisotopic (exact) mass is 422 g/mol. The Bertz CT molecular complexity index is 841. The van der Waals surface area contributed by atoms with Crippen molar-refractivity contribution in [1.29, 1.82) is 0 Å². The fourth-order valence-corrected chi connectivity index (χ4v) is 4.55.